The molecule has 0 amide bonds. The summed E-state index contributed by atoms with van der Waals surface area (Å²) in [5, 5.41) is 0. The van der Waals surface area contributed by atoms with Crippen molar-refractivity contribution < 1.29 is 42.9 Å². The summed E-state index contributed by atoms with van der Waals surface area (Å²) in [4.78, 5) is 0. The van der Waals surface area contributed by atoms with Crippen molar-refractivity contribution in [1.82, 2.24) is 0 Å². The molecule has 3 nitrogen and oxygen atoms in total. The Bertz CT molecular complexity index is 31.8. The van der Waals surface area contributed by atoms with Gasteiger partial charge < -0.3 is 9.11 Å². The number of hydrogen-bond acceptors (Lipinski definition) is 2. The molecular formula is HNa2O3S. The van der Waals surface area contributed by atoms with Gasteiger partial charge in [0, 0.05) is 29.6 Å². The minimum atomic E-state index is -2.86. The molecule has 0 aromatic rings. The van der Waals surface area contributed by atoms with Gasteiger partial charge in [-0.3, -0.25) is 0 Å². The van der Waals surface area contributed by atoms with Crippen LogP contribution >= 0.6 is 0 Å². The van der Waals surface area contributed by atoms with Crippen LogP contribution in [0.5, 0.6) is 0 Å². The maximum absolute atomic E-state index is 8.56. The van der Waals surface area contributed by atoms with Crippen molar-refractivity contribution in [3.63, 3.8) is 0 Å². The second kappa shape index (κ2) is 10.1. The topological polar surface area (TPSA) is 60.4 Å². The molecule has 0 saturated heterocycles. The zero-order valence-electron chi connectivity index (χ0n) is 3.67. The van der Waals surface area contributed by atoms with E-state index < -0.39 is 11.4 Å². The van der Waals surface area contributed by atoms with Crippen LogP contribution in [0.25, 0.3) is 0 Å². The minimum Gasteiger partial charge on any atom is -0.750 e. The molecule has 1 unspecified atom stereocenters. The Balaban J connectivity index is -0.0000000450. The summed E-state index contributed by atoms with van der Waals surface area (Å²) in [6.45, 7) is 0. The van der Waals surface area contributed by atoms with Gasteiger partial charge in [0.25, 0.3) is 0 Å². The average molecular weight is 127 g/mol. The summed E-state index contributed by atoms with van der Waals surface area (Å²) in [5.41, 5.74) is 0. The first-order valence-electron chi connectivity index (χ1n) is 0.516. The molecule has 6 heavy (non-hydrogen) atoms. The molecular weight excluding hydrogens is 126 g/mol. The van der Waals surface area contributed by atoms with Gasteiger partial charge in [0.05, 0.1) is 11.4 Å². The van der Waals surface area contributed by atoms with E-state index in [4.69, 9.17) is 13.3 Å². The first-order valence-corrected chi connectivity index (χ1v) is 1.55. The van der Waals surface area contributed by atoms with Crippen LogP contribution in [-0.4, -0.2) is 42.9 Å². The molecule has 0 fully saturated rings. The van der Waals surface area contributed by atoms with E-state index in [0.29, 0.717) is 0 Å². The third kappa shape index (κ3) is 36.4. The van der Waals surface area contributed by atoms with E-state index in [1.165, 1.54) is 0 Å². The summed E-state index contributed by atoms with van der Waals surface area (Å²) >= 11 is -2.86. The van der Waals surface area contributed by atoms with E-state index in [1.54, 1.807) is 0 Å². The Morgan fingerprint density at radius 1 is 1.67 bits per heavy atom. The van der Waals surface area contributed by atoms with Crippen molar-refractivity contribution >= 4 is 40.9 Å². The van der Waals surface area contributed by atoms with Gasteiger partial charge in [-0.2, -0.15) is 0 Å². The summed E-state index contributed by atoms with van der Waals surface area (Å²) in [6, 6.07) is 0. The van der Waals surface area contributed by atoms with Crippen molar-refractivity contribution in [3.05, 3.63) is 0 Å². The molecule has 0 spiro atoms. The largest absolute Gasteiger partial charge is 1.00 e. The molecule has 0 aromatic heterocycles. The molecule has 27 valence electrons. The summed E-state index contributed by atoms with van der Waals surface area (Å²) < 4.78 is 24.1. The molecule has 0 aromatic carbocycles. The predicted octanol–water partition coefficient (Wildman–Crippen LogP) is -4.04. The molecule has 1 N–H and O–H groups in total. The SMILES string of the molecule is O=S([O-])O.[Na+].[Na]. The van der Waals surface area contributed by atoms with Gasteiger partial charge >= 0.3 is 29.6 Å². The van der Waals surface area contributed by atoms with Crippen LogP contribution in [-0.2, 0) is 11.4 Å². The molecule has 6 heteroatoms. The maximum Gasteiger partial charge on any atom is 1.00 e. The fourth-order valence-corrected chi connectivity index (χ4v) is 0. The smallest absolute Gasteiger partial charge is 0.750 e. The zero-order valence-corrected chi connectivity index (χ0v) is 8.49. The fourth-order valence-electron chi connectivity index (χ4n) is 0. The van der Waals surface area contributed by atoms with Gasteiger partial charge in [0.15, 0.2) is 0 Å². The first kappa shape index (κ1) is 15.7. The molecule has 1 radical (unpaired) electrons. The Labute approximate surface area is 82.6 Å². The second-order valence-electron chi connectivity index (χ2n) is 0.217. The molecule has 0 heterocycles. The molecule has 0 aliphatic heterocycles. The normalized spacial score (nSPS) is 10.3. The van der Waals surface area contributed by atoms with Crippen molar-refractivity contribution in [1.29, 1.82) is 0 Å². The van der Waals surface area contributed by atoms with Crippen molar-refractivity contribution in [3.8, 4) is 0 Å². The van der Waals surface area contributed by atoms with Crippen molar-refractivity contribution in [2.24, 2.45) is 0 Å². The molecule has 0 saturated carbocycles. The number of rotatable bonds is 0. The fraction of sp³-hybridized carbons (Fsp3) is 0. The first-order chi connectivity index (χ1) is 1.73. The molecule has 0 rings (SSSR count). The van der Waals surface area contributed by atoms with E-state index >= 15 is 0 Å². The van der Waals surface area contributed by atoms with Gasteiger partial charge in [-0.05, 0) is 0 Å². The van der Waals surface area contributed by atoms with Crippen LogP contribution in [0.15, 0.2) is 0 Å². The number of hydrogen-bond donors (Lipinski definition) is 1. The molecule has 0 aliphatic carbocycles. The molecule has 0 aliphatic rings. The average Bonchev–Trinajstić information content (AvgIpc) is 0.811. The monoisotopic (exact) mass is 127 g/mol. The van der Waals surface area contributed by atoms with Gasteiger partial charge in [-0.25, -0.2) is 4.21 Å². The van der Waals surface area contributed by atoms with E-state index in [-0.39, 0.29) is 59.1 Å². The van der Waals surface area contributed by atoms with Crippen molar-refractivity contribution in [2.75, 3.05) is 0 Å². The maximum atomic E-state index is 8.56. The van der Waals surface area contributed by atoms with Gasteiger partial charge in [-0.15, -0.1) is 0 Å². The summed E-state index contributed by atoms with van der Waals surface area (Å²) in [7, 11) is 0. The van der Waals surface area contributed by atoms with E-state index in [0.717, 1.165) is 0 Å². The van der Waals surface area contributed by atoms with Crippen LogP contribution < -0.4 is 29.6 Å². The minimum absolute atomic E-state index is 0. The van der Waals surface area contributed by atoms with Gasteiger partial charge in [0.1, 0.15) is 0 Å². The second-order valence-corrected chi connectivity index (χ2v) is 0.651. The Morgan fingerprint density at radius 3 is 1.67 bits per heavy atom. The van der Waals surface area contributed by atoms with E-state index in [2.05, 4.69) is 0 Å². The van der Waals surface area contributed by atoms with E-state index in [1.807, 2.05) is 0 Å². The summed E-state index contributed by atoms with van der Waals surface area (Å²) in [6.07, 6.45) is 0. The van der Waals surface area contributed by atoms with Crippen LogP contribution in [0, 0.1) is 0 Å². The predicted molar refractivity (Wildman–Crippen MR) is 17.3 cm³/mol. The molecule has 1 atom stereocenters. The van der Waals surface area contributed by atoms with Gasteiger partial charge in [0.2, 0.25) is 0 Å². The standard InChI is InChI=1S/2Na.H2O3S/c;;1-4(2)3/h;;(H2,1,2,3)/q;+1;/p-1. The van der Waals surface area contributed by atoms with Crippen LogP contribution in [0.3, 0.4) is 0 Å². The molecule has 0 bridgehead atoms. The Hall–Kier alpha value is 2.07. The van der Waals surface area contributed by atoms with Crippen molar-refractivity contribution in [2.45, 2.75) is 0 Å². The Kier molecular flexibility index (Phi) is 26.5. The third-order valence-corrected chi connectivity index (χ3v) is 0. The zero-order chi connectivity index (χ0) is 3.58. The quantitative estimate of drug-likeness (QED) is 0.266. The summed E-state index contributed by atoms with van der Waals surface area (Å²) in [5.74, 6) is 0. The van der Waals surface area contributed by atoms with Crippen LogP contribution in [0.1, 0.15) is 0 Å². The van der Waals surface area contributed by atoms with E-state index in [9.17, 15) is 0 Å². The van der Waals surface area contributed by atoms with Gasteiger partial charge in [-0.1, -0.05) is 0 Å². The Morgan fingerprint density at radius 2 is 1.67 bits per heavy atom. The third-order valence-electron chi connectivity index (χ3n) is 0. The van der Waals surface area contributed by atoms with Crippen LogP contribution in [0.2, 0.25) is 0 Å². The van der Waals surface area contributed by atoms with Crippen LogP contribution in [0.4, 0.5) is 0 Å².